The van der Waals surface area contributed by atoms with Crippen LogP contribution >= 0.6 is 11.8 Å². The maximum Gasteiger partial charge on any atom is 0.247 e. The van der Waals surface area contributed by atoms with Crippen molar-refractivity contribution in [3.8, 4) is 0 Å². The Balaban J connectivity index is 1.91. The number of hydrogen-bond acceptors (Lipinski definition) is 7. The number of nitrogens with one attached hydrogen (secondary N) is 1. The van der Waals surface area contributed by atoms with Crippen LogP contribution in [0, 0.1) is 0 Å². The summed E-state index contributed by atoms with van der Waals surface area (Å²) in [5.74, 6) is 0.756. The Morgan fingerprint density at radius 1 is 1.52 bits per heavy atom. The van der Waals surface area contributed by atoms with E-state index in [-0.39, 0.29) is 6.04 Å². The number of likely N-dealkylation sites (N-methyl/N-ethyl adjacent to an activating group) is 1. The van der Waals surface area contributed by atoms with Crippen molar-refractivity contribution >= 4 is 22.9 Å². The molecule has 0 bridgehead atoms. The largest absolute Gasteiger partial charge is 0.379 e. The Kier molecular flexibility index (Phi) is 4.24. The second kappa shape index (κ2) is 5.98. The van der Waals surface area contributed by atoms with E-state index in [2.05, 4.69) is 22.2 Å². The Morgan fingerprint density at radius 2 is 2.33 bits per heavy atom. The van der Waals surface area contributed by atoms with E-state index in [0.717, 1.165) is 49.2 Å². The van der Waals surface area contributed by atoms with E-state index in [4.69, 9.17) is 4.99 Å². The average molecular weight is 309 g/mol. The highest BCUT2D eigenvalue weighted by Gasteiger charge is 2.35. The van der Waals surface area contributed by atoms with Gasteiger partial charge in [0.1, 0.15) is 6.23 Å². The molecule has 0 saturated carbocycles. The van der Waals surface area contributed by atoms with Crippen LogP contribution < -0.4 is 5.43 Å². The Hall–Kier alpha value is -1.05. The first kappa shape index (κ1) is 14.9. The second-order valence-corrected chi connectivity index (χ2v) is 6.38. The van der Waals surface area contributed by atoms with Crippen LogP contribution in [0.15, 0.2) is 21.3 Å². The number of aliphatic hydroxyl groups is 1. The molecule has 0 aromatic rings. The van der Waals surface area contributed by atoms with Gasteiger partial charge in [0.25, 0.3) is 0 Å². The summed E-state index contributed by atoms with van der Waals surface area (Å²) in [6.07, 6.45) is 4.86. The highest BCUT2D eigenvalue weighted by Crippen LogP contribution is 2.34. The van der Waals surface area contributed by atoms with Crippen LogP contribution in [-0.2, 0) is 0 Å². The minimum atomic E-state index is -0.447. The molecule has 2 unspecified atom stereocenters. The third-order valence-corrected chi connectivity index (χ3v) is 4.89. The standard InChI is InChI=1S/C14H23N5OS/c1-4-18(9(2)20)11-7-5-6-10-8-19-13(15-12(10)11)16-14(17-19)21-3/h9,11,20H,4-8H2,1-3H3,(H,15,16,17). The van der Waals surface area contributed by atoms with Crippen LogP contribution in [0.4, 0.5) is 0 Å². The lowest BCUT2D eigenvalue weighted by Gasteiger charge is -2.39. The predicted octanol–water partition coefficient (Wildman–Crippen LogP) is 1.36. The Bertz CT molecular complexity index is 513. The first-order valence-corrected chi connectivity index (χ1v) is 8.77. The number of hydrazine groups is 1. The molecule has 21 heavy (non-hydrogen) atoms. The lowest BCUT2D eigenvalue weighted by molar-refractivity contribution is -0.00338. The van der Waals surface area contributed by atoms with Crippen molar-refractivity contribution in [1.82, 2.24) is 15.3 Å². The van der Waals surface area contributed by atoms with Gasteiger partial charge < -0.3 is 5.11 Å². The summed E-state index contributed by atoms with van der Waals surface area (Å²) in [4.78, 5) is 11.4. The molecule has 0 fully saturated rings. The molecule has 0 saturated heterocycles. The molecular weight excluding hydrogens is 286 g/mol. The molecule has 3 aliphatic rings. The smallest absolute Gasteiger partial charge is 0.247 e. The Morgan fingerprint density at radius 3 is 3.00 bits per heavy atom. The van der Waals surface area contributed by atoms with Gasteiger partial charge in [-0.25, -0.2) is 10.0 Å². The molecule has 2 heterocycles. The topological polar surface area (TPSA) is 63.5 Å². The number of amidine groups is 1. The average Bonchev–Trinajstić information content (AvgIpc) is 2.87. The van der Waals surface area contributed by atoms with Crippen molar-refractivity contribution < 1.29 is 5.11 Å². The quantitative estimate of drug-likeness (QED) is 0.771. The summed E-state index contributed by atoms with van der Waals surface area (Å²) < 4.78 is 0. The van der Waals surface area contributed by atoms with E-state index in [1.54, 1.807) is 11.8 Å². The number of aliphatic hydroxyl groups excluding tert-OH is 1. The molecule has 116 valence electrons. The molecule has 0 aromatic heterocycles. The molecule has 6 nitrogen and oxygen atoms in total. The summed E-state index contributed by atoms with van der Waals surface area (Å²) >= 11 is 1.60. The Labute approximate surface area is 130 Å². The fourth-order valence-electron chi connectivity index (χ4n) is 3.32. The minimum Gasteiger partial charge on any atom is -0.379 e. The zero-order valence-corrected chi connectivity index (χ0v) is 13.7. The van der Waals surface area contributed by atoms with Gasteiger partial charge in [-0.2, -0.15) is 4.99 Å². The van der Waals surface area contributed by atoms with E-state index < -0.39 is 6.23 Å². The first-order chi connectivity index (χ1) is 10.1. The summed E-state index contributed by atoms with van der Waals surface area (Å²) in [6.45, 7) is 5.59. The molecule has 0 amide bonds. The van der Waals surface area contributed by atoms with Crippen LogP contribution in [0.5, 0.6) is 0 Å². The van der Waals surface area contributed by atoms with Crippen LogP contribution in [0.25, 0.3) is 0 Å². The molecule has 0 spiro atoms. The van der Waals surface area contributed by atoms with Gasteiger partial charge in [0.15, 0.2) is 5.17 Å². The molecule has 7 heteroatoms. The van der Waals surface area contributed by atoms with Crippen LogP contribution in [0.3, 0.4) is 0 Å². The van der Waals surface area contributed by atoms with Crippen LogP contribution in [0.1, 0.15) is 33.1 Å². The summed E-state index contributed by atoms with van der Waals surface area (Å²) in [5.41, 5.74) is 5.78. The summed E-state index contributed by atoms with van der Waals surface area (Å²) in [6, 6.07) is 0.210. The lowest BCUT2D eigenvalue weighted by Crippen LogP contribution is -2.47. The fourth-order valence-corrected chi connectivity index (χ4v) is 3.69. The molecule has 3 rings (SSSR count). The van der Waals surface area contributed by atoms with Gasteiger partial charge >= 0.3 is 0 Å². The third kappa shape index (κ3) is 2.69. The second-order valence-electron chi connectivity index (χ2n) is 5.59. The molecule has 1 aliphatic carbocycles. The predicted molar refractivity (Wildman–Crippen MR) is 87.0 cm³/mol. The lowest BCUT2D eigenvalue weighted by atomic mass is 9.90. The highest BCUT2D eigenvalue weighted by molar-refractivity contribution is 8.13. The number of rotatable bonds is 3. The third-order valence-electron chi connectivity index (χ3n) is 4.32. The van der Waals surface area contributed by atoms with E-state index in [1.165, 1.54) is 5.57 Å². The number of thioether (sulfide) groups is 1. The van der Waals surface area contributed by atoms with Crippen molar-refractivity contribution in [1.29, 1.82) is 0 Å². The van der Waals surface area contributed by atoms with Crippen molar-refractivity contribution in [2.75, 3.05) is 19.3 Å². The van der Waals surface area contributed by atoms with Crippen molar-refractivity contribution in [3.63, 3.8) is 0 Å². The zero-order chi connectivity index (χ0) is 15.0. The van der Waals surface area contributed by atoms with Crippen LogP contribution in [-0.4, -0.2) is 57.8 Å². The molecule has 2 N–H and O–H groups in total. The normalized spacial score (nSPS) is 26.1. The van der Waals surface area contributed by atoms with Gasteiger partial charge in [0.2, 0.25) is 5.96 Å². The van der Waals surface area contributed by atoms with Gasteiger partial charge in [-0.3, -0.25) is 10.3 Å². The van der Waals surface area contributed by atoms with Gasteiger partial charge in [0, 0.05) is 0 Å². The molecule has 0 radical (unpaired) electrons. The maximum atomic E-state index is 10.0. The zero-order valence-electron chi connectivity index (χ0n) is 12.8. The number of hydrogen-bond donors (Lipinski definition) is 2. The highest BCUT2D eigenvalue weighted by atomic mass is 32.2. The van der Waals surface area contributed by atoms with E-state index in [9.17, 15) is 5.11 Å². The SMILES string of the molecule is CCN(C(C)O)C1CCCC2=C1N=C1N=C(SC)NN1C2. The first-order valence-electron chi connectivity index (χ1n) is 7.55. The van der Waals surface area contributed by atoms with Gasteiger partial charge in [-0.15, -0.1) is 0 Å². The molecule has 2 aliphatic heterocycles. The number of nitrogens with zero attached hydrogens (tertiary/aromatic N) is 4. The molecule has 0 aromatic carbocycles. The summed E-state index contributed by atoms with van der Waals surface area (Å²) in [7, 11) is 0. The summed E-state index contributed by atoms with van der Waals surface area (Å²) in [5, 5.41) is 12.9. The fraction of sp³-hybridized carbons (Fsp3) is 0.714. The van der Waals surface area contributed by atoms with Crippen molar-refractivity contribution in [2.45, 2.75) is 45.4 Å². The maximum absolute atomic E-state index is 10.0. The number of aliphatic imine (C=N–C) groups is 2. The monoisotopic (exact) mass is 309 g/mol. The molecular formula is C14H23N5OS. The van der Waals surface area contributed by atoms with E-state index in [0.29, 0.717) is 0 Å². The van der Waals surface area contributed by atoms with E-state index >= 15 is 0 Å². The minimum absolute atomic E-state index is 0.210. The molecule has 2 atom stereocenters. The van der Waals surface area contributed by atoms with Crippen molar-refractivity contribution in [2.24, 2.45) is 9.98 Å². The number of fused-ring (bicyclic) bond motifs is 1. The van der Waals surface area contributed by atoms with Gasteiger partial charge in [-0.05, 0) is 44.6 Å². The van der Waals surface area contributed by atoms with Crippen molar-refractivity contribution in [3.05, 3.63) is 11.3 Å². The van der Waals surface area contributed by atoms with Crippen LogP contribution in [0.2, 0.25) is 0 Å². The van der Waals surface area contributed by atoms with Gasteiger partial charge in [-0.1, -0.05) is 18.7 Å². The van der Waals surface area contributed by atoms with E-state index in [1.807, 2.05) is 18.2 Å². The number of guanidine groups is 1. The van der Waals surface area contributed by atoms with Gasteiger partial charge in [0.05, 0.1) is 18.3 Å².